The number of rotatable bonds is 4. The van der Waals surface area contributed by atoms with Gasteiger partial charge in [0.25, 0.3) is 5.17 Å². The summed E-state index contributed by atoms with van der Waals surface area (Å²) in [6.45, 7) is 3.44. The van der Waals surface area contributed by atoms with E-state index in [1.54, 1.807) is 0 Å². The molecule has 0 atom stereocenters. The van der Waals surface area contributed by atoms with Crippen LogP contribution in [-0.2, 0) is 0 Å². The lowest BCUT2D eigenvalue weighted by molar-refractivity contribution is 0.332. The number of aromatic nitrogens is 2. The Morgan fingerprint density at radius 1 is 0.622 bits per heavy atom. The monoisotopic (exact) mass is 502 g/mol. The van der Waals surface area contributed by atoms with Crippen molar-refractivity contribution in [1.29, 1.82) is 0 Å². The van der Waals surface area contributed by atoms with Crippen LogP contribution in [-0.4, -0.2) is 46.2 Å². The van der Waals surface area contributed by atoms with Crippen molar-refractivity contribution in [2.75, 3.05) is 31.1 Å². The molecule has 1 aromatic heterocycles. The molecule has 2 heterocycles. The normalized spacial score (nSPS) is 13.5. The molecule has 5 nitrogen and oxygen atoms in total. The van der Waals surface area contributed by atoms with Gasteiger partial charge in [0.15, 0.2) is 0 Å². The number of hydrogen-bond donors (Lipinski definition) is 0. The second-order valence-electron chi connectivity index (χ2n) is 8.98. The summed E-state index contributed by atoms with van der Waals surface area (Å²) in [5.74, 6) is 0.670. The van der Waals surface area contributed by atoms with Gasteiger partial charge < -0.3 is 14.5 Å². The first-order chi connectivity index (χ1) is 18.2. The predicted molar refractivity (Wildman–Crippen MR) is 154 cm³/mol. The van der Waals surface area contributed by atoms with Gasteiger partial charge in [0.2, 0.25) is 0 Å². The van der Waals surface area contributed by atoms with Crippen molar-refractivity contribution in [2.24, 2.45) is 0 Å². The Morgan fingerprint density at radius 3 is 1.76 bits per heavy atom. The Balaban J connectivity index is 1.24. The van der Waals surface area contributed by atoms with Gasteiger partial charge in [-0.1, -0.05) is 78.9 Å². The molecule has 0 saturated carbocycles. The van der Waals surface area contributed by atoms with Crippen molar-refractivity contribution in [3.05, 3.63) is 109 Å². The summed E-state index contributed by atoms with van der Waals surface area (Å²) in [5.41, 5.74) is 6.59. The van der Waals surface area contributed by atoms with Crippen molar-refractivity contribution >= 4 is 34.1 Å². The highest BCUT2D eigenvalue weighted by Gasteiger charge is 2.21. The Morgan fingerprint density at radius 2 is 1.16 bits per heavy atom. The quantitative estimate of drug-likeness (QED) is 0.263. The second kappa shape index (κ2) is 10.4. The summed E-state index contributed by atoms with van der Waals surface area (Å²) in [5, 5.41) is 0.490. The SMILES string of the molecule is S=C(Oc1ccc2nc(-c3ccccc3)c(-c3ccccc3)nc2c1)N1CCN(c2ccccc2)CC1. The molecule has 182 valence electrons. The fourth-order valence-electron chi connectivity index (χ4n) is 4.64. The molecule has 1 fully saturated rings. The van der Waals surface area contributed by atoms with E-state index < -0.39 is 0 Å². The van der Waals surface area contributed by atoms with Gasteiger partial charge in [-0.2, -0.15) is 0 Å². The van der Waals surface area contributed by atoms with E-state index in [0.29, 0.717) is 10.9 Å². The molecule has 0 amide bonds. The molecular weight excluding hydrogens is 476 g/mol. The number of hydrogen-bond acceptors (Lipinski definition) is 5. The Bertz CT molecular complexity index is 1520. The fourth-order valence-corrected chi connectivity index (χ4v) is 4.92. The molecule has 0 N–H and O–H groups in total. The standard InChI is InChI=1S/C31H26N4OS/c37-31(35-20-18-34(19-21-35)25-14-8-3-9-15-25)36-26-16-17-27-28(22-26)33-30(24-12-6-2-7-13-24)29(32-27)23-10-4-1-5-11-23/h1-17,22H,18-21H2. The van der Waals surface area contributed by atoms with E-state index in [9.17, 15) is 0 Å². The third kappa shape index (κ3) is 5.01. The number of anilines is 1. The smallest absolute Gasteiger partial charge is 0.264 e. The maximum absolute atomic E-state index is 6.13. The zero-order chi connectivity index (χ0) is 25.0. The van der Waals surface area contributed by atoms with Gasteiger partial charge in [0.1, 0.15) is 5.75 Å². The molecule has 1 aliphatic heterocycles. The molecule has 0 aliphatic carbocycles. The Kier molecular flexibility index (Phi) is 6.48. The second-order valence-corrected chi connectivity index (χ2v) is 9.33. The molecule has 6 rings (SSSR count). The van der Waals surface area contributed by atoms with Crippen LogP contribution in [0.5, 0.6) is 5.75 Å². The summed E-state index contributed by atoms with van der Waals surface area (Å²) < 4.78 is 6.13. The highest BCUT2D eigenvalue weighted by atomic mass is 32.1. The average Bonchev–Trinajstić information content (AvgIpc) is 2.98. The van der Waals surface area contributed by atoms with E-state index in [1.807, 2.05) is 60.7 Å². The molecule has 0 spiro atoms. The predicted octanol–water partition coefficient (Wildman–Crippen LogP) is 6.45. The lowest BCUT2D eigenvalue weighted by Gasteiger charge is -2.36. The van der Waals surface area contributed by atoms with Crippen LogP contribution in [0.1, 0.15) is 0 Å². The molecule has 0 bridgehead atoms. The third-order valence-corrected chi connectivity index (χ3v) is 6.94. The van der Waals surface area contributed by atoms with Crippen molar-refractivity contribution in [2.45, 2.75) is 0 Å². The maximum atomic E-state index is 6.13. The number of para-hydroxylation sites is 1. The van der Waals surface area contributed by atoms with E-state index in [2.05, 4.69) is 58.3 Å². The van der Waals surface area contributed by atoms with Crippen LogP contribution < -0.4 is 9.64 Å². The first-order valence-electron chi connectivity index (χ1n) is 12.4. The van der Waals surface area contributed by atoms with Gasteiger partial charge in [-0.25, -0.2) is 9.97 Å². The zero-order valence-electron chi connectivity index (χ0n) is 20.3. The van der Waals surface area contributed by atoms with E-state index in [4.69, 9.17) is 26.9 Å². The highest BCUT2D eigenvalue weighted by molar-refractivity contribution is 7.80. The van der Waals surface area contributed by atoms with Gasteiger partial charge >= 0.3 is 0 Å². The lowest BCUT2D eigenvalue weighted by atomic mass is 10.0. The summed E-state index contributed by atoms with van der Waals surface area (Å²) in [7, 11) is 0. The number of benzene rings is 4. The van der Waals surface area contributed by atoms with Crippen molar-refractivity contribution < 1.29 is 4.74 Å². The van der Waals surface area contributed by atoms with Crippen molar-refractivity contribution in [3.63, 3.8) is 0 Å². The van der Waals surface area contributed by atoms with Crippen LogP contribution in [0.4, 0.5) is 5.69 Å². The Labute approximate surface area is 222 Å². The van der Waals surface area contributed by atoms with Crippen LogP contribution in [0.15, 0.2) is 109 Å². The average molecular weight is 503 g/mol. The molecular formula is C31H26N4OS. The summed E-state index contributed by atoms with van der Waals surface area (Å²) in [4.78, 5) is 14.5. The highest BCUT2D eigenvalue weighted by Crippen LogP contribution is 2.32. The Hall–Kier alpha value is -4.29. The summed E-state index contributed by atoms with van der Waals surface area (Å²) in [6.07, 6.45) is 0. The molecule has 37 heavy (non-hydrogen) atoms. The minimum absolute atomic E-state index is 0.490. The number of piperazine rings is 1. The third-order valence-electron chi connectivity index (χ3n) is 6.59. The number of nitrogens with zero attached hydrogens (tertiary/aromatic N) is 4. The summed E-state index contributed by atoms with van der Waals surface area (Å²) in [6, 6.07) is 36.6. The molecule has 0 radical (unpaired) electrons. The van der Waals surface area contributed by atoms with Gasteiger partial charge in [-0.3, -0.25) is 0 Å². The summed E-state index contributed by atoms with van der Waals surface area (Å²) >= 11 is 5.67. The molecule has 6 heteroatoms. The van der Waals surface area contributed by atoms with Gasteiger partial charge in [0.05, 0.1) is 22.4 Å². The number of ether oxygens (including phenoxy) is 1. The zero-order valence-corrected chi connectivity index (χ0v) is 21.1. The first kappa shape index (κ1) is 23.1. The van der Waals surface area contributed by atoms with Gasteiger partial charge in [-0.15, -0.1) is 0 Å². The van der Waals surface area contributed by atoms with Crippen LogP contribution in [0.2, 0.25) is 0 Å². The number of thiocarbonyl (C=S) groups is 1. The first-order valence-corrected chi connectivity index (χ1v) is 12.8. The van der Waals surface area contributed by atoms with Crippen molar-refractivity contribution in [1.82, 2.24) is 14.9 Å². The van der Waals surface area contributed by atoms with Gasteiger partial charge in [0, 0.05) is 49.1 Å². The van der Waals surface area contributed by atoms with Gasteiger partial charge in [-0.05, 0) is 36.5 Å². The minimum atomic E-state index is 0.490. The van der Waals surface area contributed by atoms with Crippen LogP contribution in [0, 0.1) is 0 Å². The van der Waals surface area contributed by atoms with E-state index >= 15 is 0 Å². The van der Waals surface area contributed by atoms with E-state index in [-0.39, 0.29) is 0 Å². The van der Waals surface area contributed by atoms with Crippen LogP contribution >= 0.6 is 12.2 Å². The molecule has 0 unspecified atom stereocenters. The largest absolute Gasteiger partial charge is 0.432 e. The fraction of sp³-hybridized carbons (Fsp3) is 0.129. The van der Waals surface area contributed by atoms with Crippen LogP contribution in [0.3, 0.4) is 0 Å². The topological polar surface area (TPSA) is 41.5 Å². The maximum Gasteiger partial charge on any atom is 0.264 e. The van der Waals surface area contributed by atoms with E-state index in [1.165, 1.54) is 5.69 Å². The minimum Gasteiger partial charge on any atom is -0.432 e. The number of fused-ring (bicyclic) bond motifs is 1. The van der Waals surface area contributed by atoms with Crippen LogP contribution in [0.25, 0.3) is 33.5 Å². The molecule has 4 aromatic carbocycles. The molecule has 5 aromatic rings. The van der Waals surface area contributed by atoms with E-state index in [0.717, 1.165) is 59.7 Å². The molecule has 1 aliphatic rings. The van der Waals surface area contributed by atoms with Crippen molar-refractivity contribution in [3.8, 4) is 28.3 Å². The molecule has 1 saturated heterocycles. The lowest BCUT2D eigenvalue weighted by Crippen LogP contribution is -2.49.